The fraction of sp³-hybridized carbons (Fsp3) is 0.188. The van der Waals surface area contributed by atoms with Crippen molar-refractivity contribution >= 4 is 49.0 Å². The Balaban J connectivity index is 1.97. The van der Waals surface area contributed by atoms with Gasteiger partial charge in [0.2, 0.25) is 5.91 Å². The number of hydrogen-bond acceptors (Lipinski definition) is 4. The van der Waals surface area contributed by atoms with Crippen molar-refractivity contribution in [3.05, 3.63) is 52.0 Å². The van der Waals surface area contributed by atoms with Crippen molar-refractivity contribution in [3.8, 4) is 5.75 Å². The molecule has 2 aromatic rings. The molecule has 0 aromatic heterocycles. The number of rotatable bonds is 6. The van der Waals surface area contributed by atoms with Gasteiger partial charge in [-0.2, -0.15) is 0 Å². The molecule has 1 amide bonds. The molecule has 0 saturated carbocycles. The average Bonchev–Trinajstić information content (AvgIpc) is 2.54. The van der Waals surface area contributed by atoms with Crippen LogP contribution in [-0.2, 0) is 14.6 Å². The van der Waals surface area contributed by atoms with E-state index in [0.29, 0.717) is 16.5 Å². The summed E-state index contributed by atoms with van der Waals surface area (Å²) in [5.41, 5.74) is 0.479. The zero-order valence-corrected chi connectivity index (χ0v) is 15.9. The van der Waals surface area contributed by atoms with Gasteiger partial charge in [-0.3, -0.25) is 4.79 Å². The lowest BCUT2D eigenvalue weighted by Crippen LogP contribution is -2.17. The van der Waals surface area contributed by atoms with Gasteiger partial charge in [-0.05, 0) is 42.5 Å². The first-order chi connectivity index (χ1) is 11.3. The maximum Gasteiger partial charge on any atom is 0.225 e. The Morgan fingerprint density at radius 2 is 1.88 bits per heavy atom. The summed E-state index contributed by atoms with van der Waals surface area (Å²) < 4.78 is 30.2. The molecule has 2 aromatic carbocycles. The molecule has 2 rings (SSSR count). The first-order valence-electron chi connectivity index (χ1n) is 6.93. The van der Waals surface area contributed by atoms with Gasteiger partial charge in [-0.1, -0.05) is 27.5 Å². The number of ether oxygens (including phenoxy) is 1. The molecule has 0 unspecified atom stereocenters. The number of sulfone groups is 1. The lowest BCUT2D eigenvalue weighted by atomic mass is 10.3. The van der Waals surface area contributed by atoms with Crippen LogP contribution in [0.25, 0.3) is 0 Å². The third-order valence-electron chi connectivity index (χ3n) is 3.21. The van der Waals surface area contributed by atoms with Crippen molar-refractivity contribution in [2.75, 3.05) is 18.2 Å². The van der Waals surface area contributed by atoms with Gasteiger partial charge in [0.05, 0.1) is 22.8 Å². The highest BCUT2D eigenvalue weighted by Crippen LogP contribution is 2.27. The number of carbonyl (C=O) groups is 1. The van der Waals surface area contributed by atoms with Crippen LogP contribution in [-0.4, -0.2) is 27.2 Å². The van der Waals surface area contributed by atoms with Gasteiger partial charge in [0.25, 0.3) is 0 Å². The van der Waals surface area contributed by atoms with Gasteiger partial charge in [0, 0.05) is 16.6 Å². The second-order valence-electron chi connectivity index (χ2n) is 4.92. The molecule has 5 nitrogen and oxygen atoms in total. The molecule has 1 N–H and O–H groups in total. The summed E-state index contributed by atoms with van der Waals surface area (Å²) in [5.74, 6) is -0.186. The van der Waals surface area contributed by atoms with Crippen LogP contribution in [0.2, 0.25) is 5.02 Å². The monoisotopic (exact) mass is 431 g/mol. The van der Waals surface area contributed by atoms with Crippen LogP contribution in [0.4, 0.5) is 5.69 Å². The van der Waals surface area contributed by atoms with Gasteiger partial charge in [0.1, 0.15) is 5.75 Å². The van der Waals surface area contributed by atoms with Crippen molar-refractivity contribution < 1.29 is 17.9 Å². The molecule has 0 fully saturated rings. The summed E-state index contributed by atoms with van der Waals surface area (Å²) in [5, 5.41) is 2.98. The summed E-state index contributed by atoms with van der Waals surface area (Å²) in [4.78, 5) is 12.1. The molecule has 0 atom stereocenters. The van der Waals surface area contributed by atoms with Crippen molar-refractivity contribution in [3.63, 3.8) is 0 Å². The van der Waals surface area contributed by atoms with Crippen LogP contribution in [0.5, 0.6) is 5.75 Å². The first kappa shape index (κ1) is 18.8. The van der Waals surface area contributed by atoms with E-state index in [4.69, 9.17) is 16.3 Å². The summed E-state index contributed by atoms with van der Waals surface area (Å²) in [6, 6.07) is 11.1. The smallest absolute Gasteiger partial charge is 0.225 e. The van der Waals surface area contributed by atoms with E-state index in [-0.39, 0.29) is 17.1 Å². The Labute approximate surface area is 154 Å². The lowest BCUT2D eigenvalue weighted by molar-refractivity contribution is -0.115. The maximum atomic E-state index is 12.2. The highest BCUT2D eigenvalue weighted by atomic mass is 79.9. The standard InChI is InChI=1S/C16H15BrClNO4S/c1-23-15-7-4-12(10-14(15)18)19-16(20)8-9-24(21,22)13-5-2-11(17)3-6-13/h2-7,10H,8-9H2,1H3,(H,19,20). The second kappa shape index (κ2) is 8.00. The predicted octanol–water partition coefficient (Wildman–Crippen LogP) is 3.91. The van der Waals surface area contributed by atoms with Gasteiger partial charge in [-0.25, -0.2) is 8.42 Å². The predicted molar refractivity (Wildman–Crippen MR) is 97.4 cm³/mol. The first-order valence-corrected chi connectivity index (χ1v) is 9.76. The summed E-state index contributed by atoms with van der Waals surface area (Å²) in [7, 11) is -2.02. The van der Waals surface area contributed by atoms with E-state index in [1.807, 2.05) is 0 Å². The van der Waals surface area contributed by atoms with Crippen molar-refractivity contribution in [2.45, 2.75) is 11.3 Å². The Morgan fingerprint density at radius 1 is 1.21 bits per heavy atom. The number of amides is 1. The normalized spacial score (nSPS) is 11.1. The van der Waals surface area contributed by atoms with Crippen molar-refractivity contribution in [1.82, 2.24) is 0 Å². The van der Waals surface area contributed by atoms with Gasteiger partial charge in [0.15, 0.2) is 9.84 Å². The van der Waals surface area contributed by atoms with Crippen molar-refractivity contribution in [1.29, 1.82) is 0 Å². The van der Waals surface area contributed by atoms with E-state index in [1.165, 1.54) is 19.2 Å². The molecule has 0 aliphatic rings. The van der Waals surface area contributed by atoms with E-state index in [2.05, 4.69) is 21.2 Å². The molecular formula is C16H15BrClNO4S. The van der Waals surface area contributed by atoms with E-state index in [9.17, 15) is 13.2 Å². The Bertz CT molecular complexity index is 838. The number of halogens is 2. The third kappa shape index (κ3) is 4.96. The number of benzene rings is 2. The highest BCUT2D eigenvalue weighted by Gasteiger charge is 2.16. The molecule has 8 heteroatoms. The van der Waals surface area contributed by atoms with Crippen LogP contribution in [0, 0.1) is 0 Å². The summed E-state index contributed by atoms with van der Waals surface area (Å²) in [6.07, 6.45) is -0.151. The molecular weight excluding hydrogens is 418 g/mol. The molecule has 0 heterocycles. The molecule has 24 heavy (non-hydrogen) atoms. The molecule has 0 saturated heterocycles. The molecule has 0 aliphatic carbocycles. The van der Waals surface area contributed by atoms with E-state index in [0.717, 1.165) is 4.47 Å². The number of carbonyl (C=O) groups excluding carboxylic acids is 1. The molecule has 0 radical (unpaired) electrons. The van der Waals surface area contributed by atoms with Gasteiger partial charge < -0.3 is 10.1 Å². The summed E-state index contributed by atoms with van der Waals surface area (Å²) >= 11 is 9.23. The molecule has 0 bridgehead atoms. The zero-order chi connectivity index (χ0) is 17.7. The topological polar surface area (TPSA) is 72.5 Å². The summed E-state index contributed by atoms with van der Waals surface area (Å²) in [6.45, 7) is 0. The number of hydrogen-bond donors (Lipinski definition) is 1. The number of anilines is 1. The largest absolute Gasteiger partial charge is 0.495 e. The zero-order valence-electron chi connectivity index (χ0n) is 12.8. The second-order valence-corrected chi connectivity index (χ2v) is 8.35. The Kier molecular flexibility index (Phi) is 6.26. The minimum atomic E-state index is -3.51. The fourth-order valence-electron chi connectivity index (χ4n) is 1.95. The number of methoxy groups -OCH3 is 1. The minimum Gasteiger partial charge on any atom is -0.495 e. The minimum absolute atomic E-state index is 0.151. The van der Waals surface area contributed by atoms with Crippen LogP contribution in [0.3, 0.4) is 0 Å². The lowest BCUT2D eigenvalue weighted by Gasteiger charge is -2.08. The van der Waals surface area contributed by atoms with Crippen LogP contribution < -0.4 is 10.1 Å². The Morgan fingerprint density at radius 3 is 2.46 bits per heavy atom. The molecule has 0 aliphatic heterocycles. The van der Waals surface area contributed by atoms with Gasteiger partial charge in [-0.15, -0.1) is 0 Å². The maximum absolute atomic E-state index is 12.2. The third-order valence-corrected chi connectivity index (χ3v) is 5.76. The number of nitrogens with one attached hydrogen (secondary N) is 1. The quantitative estimate of drug-likeness (QED) is 0.751. The van der Waals surface area contributed by atoms with Crippen LogP contribution in [0.15, 0.2) is 51.8 Å². The van der Waals surface area contributed by atoms with E-state index in [1.54, 1.807) is 30.3 Å². The van der Waals surface area contributed by atoms with E-state index < -0.39 is 15.7 Å². The molecule has 128 valence electrons. The average molecular weight is 433 g/mol. The fourth-order valence-corrected chi connectivity index (χ4v) is 3.72. The molecule has 0 spiro atoms. The SMILES string of the molecule is COc1ccc(NC(=O)CCS(=O)(=O)c2ccc(Br)cc2)cc1Cl. The van der Waals surface area contributed by atoms with Crippen LogP contribution in [0.1, 0.15) is 6.42 Å². The van der Waals surface area contributed by atoms with Gasteiger partial charge >= 0.3 is 0 Å². The Hall–Kier alpha value is -1.57. The highest BCUT2D eigenvalue weighted by molar-refractivity contribution is 9.10. The van der Waals surface area contributed by atoms with E-state index >= 15 is 0 Å². The van der Waals surface area contributed by atoms with Crippen molar-refractivity contribution in [2.24, 2.45) is 0 Å². The van der Waals surface area contributed by atoms with Crippen LogP contribution >= 0.6 is 27.5 Å².